The van der Waals surface area contributed by atoms with Gasteiger partial charge in [-0.25, -0.2) is 4.79 Å². The Morgan fingerprint density at radius 3 is 2.00 bits per heavy atom. The largest absolute Gasteiger partial charge is 0.423 e. The summed E-state index contributed by atoms with van der Waals surface area (Å²) in [5, 5.41) is 0. The Kier molecular flexibility index (Phi) is 6.65. The molecule has 2 heteroatoms. The topological polar surface area (TPSA) is 26.3 Å². The molecule has 0 amide bonds. The molecule has 3 aliphatic rings. The fraction of sp³-hybridized carbons (Fsp3) is 0.483. The first-order valence-electron chi connectivity index (χ1n) is 12.1. The zero-order valence-corrected chi connectivity index (χ0v) is 19.2. The van der Waals surface area contributed by atoms with E-state index in [-0.39, 0.29) is 5.97 Å². The van der Waals surface area contributed by atoms with E-state index in [4.69, 9.17) is 4.74 Å². The number of hydrogen-bond acceptors (Lipinski definition) is 2. The van der Waals surface area contributed by atoms with Crippen molar-refractivity contribution in [2.24, 2.45) is 5.41 Å². The Hall–Kier alpha value is -2.35. The van der Waals surface area contributed by atoms with Crippen LogP contribution in [0.5, 0.6) is 5.75 Å². The van der Waals surface area contributed by atoms with Crippen molar-refractivity contribution in [3.63, 3.8) is 0 Å². The minimum atomic E-state index is -0.340. The van der Waals surface area contributed by atoms with E-state index >= 15 is 0 Å². The summed E-state index contributed by atoms with van der Waals surface area (Å²) in [6.45, 7) is 4.11. The molecule has 0 aliphatic heterocycles. The lowest BCUT2D eigenvalue weighted by Crippen LogP contribution is -2.44. The lowest BCUT2D eigenvalue weighted by molar-refractivity contribution is -0.129. The highest BCUT2D eigenvalue weighted by Gasteiger charge is 2.48. The third-order valence-corrected chi connectivity index (χ3v) is 7.92. The number of hydrogen-bond donors (Lipinski definition) is 0. The van der Waals surface area contributed by atoms with Gasteiger partial charge in [-0.1, -0.05) is 68.7 Å². The maximum absolute atomic E-state index is 11.6. The van der Waals surface area contributed by atoms with E-state index in [1.165, 1.54) is 81.4 Å². The first-order valence-corrected chi connectivity index (χ1v) is 12.1. The zero-order chi connectivity index (χ0) is 21.7. The molecule has 3 fully saturated rings. The molecule has 3 aliphatic carbocycles. The van der Waals surface area contributed by atoms with Crippen LogP contribution in [-0.2, 0) is 10.2 Å². The van der Waals surface area contributed by atoms with Crippen molar-refractivity contribution in [3.8, 4) is 16.9 Å². The van der Waals surface area contributed by atoms with Crippen LogP contribution in [0.3, 0.4) is 0 Å². The van der Waals surface area contributed by atoms with Crippen LogP contribution in [0.4, 0.5) is 0 Å². The van der Waals surface area contributed by atoms with Crippen LogP contribution in [0.25, 0.3) is 11.1 Å². The molecule has 3 saturated carbocycles. The summed E-state index contributed by atoms with van der Waals surface area (Å²) in [6.07, 6.45) is 17.1. The Labute approximate surface area is 187 Å². The summed E-state index contributed by atoms with van der Waals surface area (Å²) in [6, 6.07) is 17.0. The van der Waals surface area contributed by atoms with Crippen LogP contribution in [0.2, 0.25) is 0 Å². The van der Waals surface area contributed by atoms with Crippen molar-refractivity contribution in [3.05, 3.63) is 66.2 Å². The minimum absolute atomic E-state index is 0.340. The van der Waals surface area contributed by atoms with Crippen LogP contribution < -0.4 is 4.74 Å². The number of benzene rings is 2. The number of carbonyl (C=O) groups is 1. The van der Waals surface area contributed by atoms with E-state index in [0.29, 0.717) is 16.6 Å². The van der Waals surface area contributed by atoms with E-state index in [0.717, 1.165) is 5.56 Å². The van der Waals surface area contributed by atoms with Gasteiger partial charge in [-0.15, -0.1) is 0 Å². The standard InChI is InChI=1S/C29H36O2/c1-3-5-6-16-28-17-20-29(21-18-28,22-19-28)25-12-8-23(9-13-25)24-10-14-26(15-11-24)31-27(30)7-4-2/h4,7-15H,3,5-6,16-22H2,1-2H3/b7-4+. The third kappa shape index (κ3) is 4.79. The summed E-state index contributed by atoms with van der Waals surface area (Å²) in [7, 11) is 0. The highest BCUT2D eigenvalue weighted by molar-refractivity contribution is 5.84. The van der Waals surface area contributed by atoms with Gasteiger partial charge in [0.05, 0.1) is 0 Å². The van der Waals surface area contributed by atoms with Gasteiger partial charge >= 0.3 is 5.97 Å². The Balaban J connectivity index is 1.41. The average Bonchev–Trinajstić information content (AvgIpc) is 2.81. The number of ether oxygens (including phenoxy) is 1. The number of unbranched alkanes of at least 4 members (excludes halogenated alkanes) is 2. The Bertz CT molecular complexity index is 880. The molecule has 0 saturated heterocycles. The Morgan fingerprint density at radius 2 is 1.45 bits per heavy atom. The lowest BCUT2D eigenvalue weighted by Gasteiger charge is -2.54. The number of carbonyl (C=O) groups excluding carboxylic acids is 1. The van der Waals surface area contributed by atoms with Crippen LogP contribution >= 0.6 is 0 Å². The van der Waals surface area contributed by atoms with Crippen molar-refractivity contribution in [2.75, 3.05) is 0 Å². The molecule has 2 aromatic carbocycles. The molecule has 164 valence electrons. The molecule has 31 heavy (non-hydrogen) atoms. The number of esters is 1. The predicted octanol–water partition coefficient (Wildman–Crippen LogP) is 8.01. The molecular formula is C29H36O2. The smallest absolute Gasteiger partial charge is 0.335 e. The first-order chi connectivity index (χ1) is 15.1. The maximum atomic E-state index is 11.6. The summed E-state index contributed by atoms with van der Waals surface area (Å²) < 4.78 is 5.29. The van der Waals surface area contributed by atoms with Crippen molar-refractivity contribution in [1.82, 2.24) is 0 Å². The SMILES string of the molecule is C/C=C/C(=O)Oc1ccc(-c2ccc(C34CCC(CCCCC)(CC3)CC4)cc2)cc1. The third-order valence-electron chi connectivity index (χ3n) is 7.92. The fourth-order valence-corrected chi connectivity index (χ4v) is 5.84. The van der Waals surface area contributed by atoms with E-state index in [2.05, 4.69) is 31.2 Å². The molecular weight excluding hydrogens is 380 g/mol. The van der Waals surface area contributed by atoms with Gasteiger partial charge < -0.3 is 4.74 Å². The molecule has 2 nitrogen and oxygen atoms in total. The summed E-state index contributed by atoms with van der Waals surface area (Å²) >= 11 is 0. The molecule has 0 unspecified atom stereocenters. The van der Waals surface area contributed by atoms with Gasteiger partial charge in [0.25, 0.3) is 0 Å². The van der Waals surface area contributed by atoms with Gasteiger partial charge in [0.2, 0.25) is 0 Å². The van der Waals surface area contributed by atoms with E-state index in [1.54, 1.807) is 13.0 Å². The van der Waals surface area contributed by atoms with Crippen molar-refractivity contribution >= 4 is 5.97 Å². The molecule has 0 radical (unpaired) electrons. The summed E-state index contributed by atoms with van der Waals surface area (Å²) in [4.78, 5) is 11.6. The molecule has 5 rings (SSSR count). The molecule has 2 bridgehead atoms. The molecule has 0 N–H and O–H groups in total. The lowest BCUT2D eigenvalue weighted by atomic mass is 9.51. The summed E-state index contributed by atoms with van der Waals surface area (Å²) in [5.41, 5.74) is 4.98. The van der Waals surface area contributed by atoms with Gasteiger partial charge in [0.15, 0.2) is 0 Å². The Morgan fingerprint density at radius 1 is 0.871 bits per heavy atom. The number of rotatable bonds is 8. The van der Waals surface area contributed by atoms with Crippen LogP contribution in [-0.4, -0.2) is 5.97 Å². The maximum Gasteiger partial charge on any atom is 0.335 e. The second kappa shape index (κ2) is 9.42. The van der Waals surface area contributed by atoms with E-state index in [1.807, 2.05) is 24.3 Å². The predicted molar refractivity (Wildman–Crippen MR) is 128 cm³/mol. The van der Waals surface area contributed by atoms with Gasteiger partial charge in [-0.3, -0.25) is 0 Å². The molecule has 0 heterocycles. The molecule has 0 spiro atoms. The van der Waals surface area contributed by atoms with Crippen molar-refractivity contribution < 1.29 is 9.53 Å². The van der Waals surface area contributed by atoms with Crippen LogP contribution in [0, 0.1) is 5.41 Å². The van der Waals surface area contributed by atoms with Crippen molar-refractivity contribution in [2.45, 2.75) is 83.5 Å². The van der Waals surface area contributed by atoms with E-state index < -0.39 is 0 Å². The summed E-state index contributed by atoms with van der Waals surface area (Å²) in [5.74, 6) is 0.238. The molecule has 0 aromatic heterocycles. The zero-order valence-electron chi connectivity index (χ0n) is 19.2. The van der Waals surface area contributed by atoms with Crippen LogP contribution in [0.1, 0.15) is 83.6 Å². The van der Waals surface area contributed by atoms with Crippen LogP contribution in [0.15, 0.2) is 60.7 Å². The monoisotopic (exact) mass is 416 g/mol. The van der Waals surface area contributed by atoms with Gasteiger partial charge in [-0.2, -0.15) is 0 Å². The van der Waals surface area contributed by atoms with Gasteiger partial charge in [0.1, 0.15) is 5.75 Å². The normalized spacial score (nSPS) is 25.1. The highest BCUT2D eigenvalue weighted by Crippen LogP contribution is 2.59. The minimum Gasteiger partial charge on any atom is -0.423 e. The molecule has 0 atom stereocenters. The fourth-order valence-electron chi connectivity index (χ4n) is 5.84. The van der Waals surface area contributed by atoms with Gasteiger partial charge in [0, 0.05) is 6.08 Å². The molecule has 2 aromatic rings. The highest BCUT2D eigenvalue weighted by atomic mass is 16.5. The quantitative estimate of drug-likeness (QED) is 0.188. The van der Waals surface area contributed by atoms with Gasteiger partial charge in [-0.05, 0) is 91.5 Å². The second-order valence-corrected chi connectivity index (χ2v) is 9.76. The first kappa shape index (κ1) is 21.9. The number of fused-ring (bicyclic) bond motifs is 3. The average molecular weight is 417 g/mol. The second-order valence-electron chi connectivity index (χ2n) is 9.76. The number of allylic oxidation sites excluding steroid dienone is 1. The van der Waals surface area contributed by atoms with E-state index in [9.17, 15) is 4.79 Å². The van der Waals surface area contributed by atoms with Crippen molar-refractivity contribution in [1.29, 1.82) is 0 Å².